The number of nitrogens with zero attached hydrogens (tertiary/aromatic N) is 3. The van der Waals surface area contributed by atoms with Gasteiger partial charge in [-0.25, -0.2) is 4.79 Å². The number of anilines is 1. The Bertz CT molecular complexity index is 743. The summed E-state index contributed by atoms with van der Waals surface area (Å²) in [4.78, 5) is 16.5. The molecule has 1 aliphatic carbocycles. The van der Waals surface area contributed by atoms with E-state index in [-0.39, 0.29) is 23.1 Å². The molecule has 0 aliphatic heterocycles. The van der Waals surface area contributed by atoms with Crippen LogP contribution in [0.25, 0.3) is 0 Å². The van der Waals surface area contributed by atoms with Crippen LogP contribution in [0.1, 0.15) is 32.9 Å². The van der Waals surface area contributed by atoms with Crippen molar-refractivity contribution in [2.75, 3.05) is 12.4 Å². The highest BCUT2D eigenvalue weighted by Crippen LogP contribution is 2.51. The van der Waals surface area contributed by atoms with Crippen molar-refractivity contribution >= 4 is 11.8 Å². The van der Waals surface area contributed by atoms with Gasteiger partial charge >= 0.3 is 6.03 Å². The topological polar surface area (TPSA) is 81.1 Å². The van der Waals surface area contributed by atoms with Crippen molar-refractivity contribution in [2.24, 2.45) is 5.41 Å². The minimum Gasteiger partial charge on any atom is -0.378 e. The average molecular weight is 343 g/mol. The molecular formula is C18H25N5O2. The molecule has 0 unspecified atom stereocenters. The summed E-state index contributed by atoms with van der Waals surface area (Å²) in [5.74, 6) is 0.514. The Hall–Kier alpha value is -2.41. The van der Waals surface area contributed by atoms with Gasteiger partial charge < -0.3 is 10.1 Å². The summed E-state index contributed by atoms with van der Waals surface area (Å²) in [6, 6.07) is 7.33. The molecule has 7 nitrogen and oxygen atoms in total. The van der Waals surface area contributed by atoms with Crippen molar-refractivity contribution in [3.05, 3.63) is 42.4 Å². The van der Waals surface area contributed by atoms with Crippen LogP contribution in [0.2, 0.25) is 0 Å². The van der Waals surface area contributed by atoms with Gasteiger partial charge in [0.15, 0.2) is 5.82 Å². The number of hydrogen-bond donors (Lipinski definition) is 2. The molecule has 0 saturated heterocycles. The monoisotopic (exact) mass is 343 g/mol. The van der Waals surface area contributed by atoms with Crippen LogP contribution in [0.5, 0.6) is 0 Å². The first-order chi connectivity index (χ1) is 11.8. The third kappa shape index (κ3) is 3.37. The van der Waals surface area contributed by atoms with Gasteiger partial charge in [-0.05, 0) is 25.5 Å². The van der Waals surface area contributed by atoms with E-state index in [0.29, 0.717) is 12.4 Å². The summed E-state index contributed by atoms with van der Waals surface area (Å²) in [5.41, 5.74) is 0.573. The summed E-state index contributed by atoms with van der Waals surface area (Å²) in [7, 11) is 1.71. The lowest BCUT2D eigenvalue weighted by atomic mass is 9.56. The molecule has 2 N–H and O–H groups in total. The summed E-state index contributed by atoms with van der Waals surface area (Å²) < 4.78 is 7.33. The maximum absolute atomic E-state index is 12.2. The lowest BCUT2D eigenvalue weighted by molar-refractivity contribution is -0.177. The molecule has 25 heavy (non-hydrogen) atoms. The van der Waals surface area contributed by atoms with E-state index < -0.39 is 0 Å². The standard InChI is InChI=1S/C18H25N5O2/c1-17(2)14(11-18(17,3)25-4)20-16(24)21-15-8-10-23(22-15)12-13-7-5-6-9-19-13/h5-10,14H,11-12H2,1-4H3,(H2,20,21,22,24)/t14-,18-/m0/s1. The van der Waals surface area contributed by atoms with Gasteiger partial charge in [-0.2, -0.15) is 5.10 Å². The molecule has 0 radical (unpaired) electrons. The number of urea groups is 1. The third-order valence-corrected chi connectivity index (χ3v) is 5.52. The number of carbonyl (C=O) groups is 1. The van der Waals surface area contributed by atoms with Crippen LogP contribution in [0.15, 0.2) is 36.7 Å². The third-order valence-electron chi connectivity index (χ3n) is 5.52. The van der Waals surface area contributed by atoms with Gasteiger partial charge in [-0.1, -0.05) is 19.9 Å². The molecule has 2 atom stereocenters. The number of hydrogen-bond acceptors (Lipinski definition) is 4. The molecule has 0 bridgehead atoms. The number of amides is 2. The second-order valence-corrected chi connectivity index (χ2v) is 7.23. The SMILES string of the molecule is CO[C@@]1(C)C[C@H](NC(=O)Nc2ccn(Cc3ccccn3)n2)C1(C)C. The smallest absolute Gasteiger partial charge is 0.320 e. The largest absolute Gasteiger partial charge is 0.378 e. The van der Waals surface area contributed by atoms with Gasteiger partial charge in [0.2, 0.25) is 0 Å². The van der Waals surface area contributed by atoms with E-state index in [1.165, 1.54) is 0 Å². The van der Waals surface area contributed by atoms with E-state index in [1.807, 2.05) is 24.4 Å². The predicted molar refractivity (Wildman–Crippen MR) is 95.3 cm³/mol. The first kappa shape index (κ1) is 17.4. The zero-order valence-corrected chi connectivity index (χ0v) is 15.1. The van der Waals surface area contributed by atoms with Crippen LogP contribution < -0.4 is 10.6 Å². The van der Waals surface area contributed by atoms with Crippen molar-refractivity contribution < 1.29 is 9.53 Å². The molecule has 1 fully saturated rings. The highest BCUT2D eigenvalue weighted by atomic mass is 16.5. The molecule has 3 rings (SSSR count). The van der Waals surface area contributed by atoms with Crippen molar-refractivity contribution in [1.29, 1.82) is 0 Å². The number of nitrogens with one attached hydrogen (secondary N) is 2. The van der Waals surface area contributed by atoms with Crippen molar-refractivity contribution in [3.63, 3.8) is 0 Å². The fraction of sp³-hybridized carbons (Fsp3) is 0.500. The molecular weight excluding hydrogens is 318 g/mol. The Morgan fingerprint density at radius 3 is 2.80 bits per heavy atom. The van der Waals surface area contributed by atoms with Crippen molar-refractivity contribution in [2.45, 2.75) is 45.4 Å². The summed E-state index contributed by atoms with van der Waals surface area (Å²) in [5, 5.41) is 10.2. The second kappa shape index (κ2) is 6.48. The molecule has 2 aromatic heterocycles. The Labute approximate surface area is 147 Å². The maximum atomic E-state index is 12.2. The quantitative estimate of drug-likeness (QED) is 0.874. The van der Waals surface area contributed by atoms with E-state index in [0.717, 1.165) is 12.1 Å². The van der Waals surface area contributed by atoms with Crippen molar-refractivity contribution in [3.8, 4) is 0 Å². The maximum Gasteiger partial charge on any atom is 0.320 e. The Balaban J connectivity index is 1.54. The average Bonchev–Trinajstić information content (AvgIpc) is 3.01. The fourth-order valence-electron chi connectivity index (χ4n) is 3.21. The number of pyridine rings is 1. The van der Waals surface area contributed by atoms with Crippen LogP contribution in [0.4, 0.5) is 10.6 Å². The molecule has 2 aromatic rings. The van der Waals surface area contributed by atoms with E-state index in [9.17, 15) is 4.79 Å². The Morgan fingerprint density at radius 2 is 2.16 bits per heavy atom. The van der Waals surface area contributed by atoms with E-state index >= 15 is 0 Å². The van der Waals surface area contributed by atoms with Crippen LogP contribution in [0.3, 0.4) is 0 Å². The van der Waals surface area contributed by atoms with Crippen LogP contribution in [-0.4, -0.2) is 39.5 Å². The molecule has 1 saturated carbocycles. The first-order valence-electron chi connectivity index (χ1n) is 8.40. The van der Waals surface area contributed by atoms with E-state index in [2.05, 4.69) is 41.5 Å². The minimum absolute atomic E-state index is 0.0630. The Kier molecular flexibility index (Phi) is 4.51. The lowest BCUT2D eigenvalue weighted by Gasteiger charge is -2.58. The molecule has 2 amide bonds. The number of carbonyl (C=O) groups excluding carboxylic acids is 1. The summed E-state index contributed by atoms with van der Waals surface area (Å²) in [6.07, 6.45) is 4.36. The van der Waals surface area contributed by atoms with Crippen LogP contribution in [-0.2, 0) is 11.3 Å². The number of methoxy groups -OCH3 is 1. The first-order valence-corrected chi connectivity index (χ1v) is 8.40. The molecule has 0 aromatic carbocycles. The van der Waals surface area contributed by atoms with Gasteiger partial charge in [-0.3, -0.25) is 15.0 Å². The highest BCUT2D eigenvalue weighted by molar-refractivity contribution is 5.88. The minimum atomic E-state index is -0.251. The summed E-state index contributed by atoms with van der Waals surface area (Å²) in [6.45, 7) is 6.84. The van der Waals surface area contributed by atoms with Gasteiger partial charge in [0.05, 0.1) is 17.8 Å². The van der Waals surface area contributed by atoms with Crippen LogP contribution in [0, 0.1) is 5.41 Å². The normalized spacial score (nSPS) is 24.4. The molecule has 1 aliphatic rings. The molecule has 2 heterocycles. The Morgan fingerprint density at radius 1 is 1.36 bits per heavy atom. The fourth-order valence-corrected chi connectivity index (χ4v) is 3.21. The molecule has 7 heteroatoms. The van der Waals surface area contributed by atoms with Crippen LogP contribution >= 0.6 is 0 Å². The van der Waals surface area contributed by atoms with Gasteiger partial charge in [-0.15, -0.1) is 0 Å². The summed E-state index contributed by atoms with van der Waals surface area (Å²) >= 11 is 0. The zero-order valence-electron chi connectivity index (χ0n) is 15.1. The van der Waals surface area contributed by atoms with Crippen molar-refractivity contribution in [1.82, 2.24) is 20.1 Å². The predicted octanol–water partition coefficient (Wildman–Crippen LogP) is 2.65. The van der Waals surface area contributed by atoms with E-state index in [1.54, 1.807) is 24.1 Å². The van der Waals surface area contributed by atoms with Gasteiger partial charge in [0.1, 0.15) is 0 Å². The second-order valence-electron chi connectivity index (χ2n) is 7.23. The molecule has 134 valence electrons. The zero-order chi connectivity index (χ0) is 18.1. The van der Waals surface area contributed by atoms with Gasteiger partial charge in [0, 0.05) is 37.0 Å². The number of aromatic nitrogens is 3. The lowest BCUT2D eigenvalue weighted by Crippen LogP contribution is -2.68. The number of rotatable bonds is 5. The highest BCUT2D eigenvalue weighted by Gasteiger charge is 2.58. The molecule has 0 spiro atoms. The van der Waals surface area contributed by atoms with E-state index in [4.69, 9.17) is 4.74 Å². The number of ether oxygens (including phenoxy) is 1. The van der Waals surface area contributed by atoms with Gasteiger partial charge in [0.25, 0.3) is 0 Å².